The number of hydrogen-bond acceptors (Lipinski definition) is 6. The van der Waals surface area contributed by atoms with E-state index in [1.807, 2.05) is 17.9 Å². The standard InChI is InChI=1S/C18H22N4O3/c1-13-19-16(12-17(20-13)25-3)21-8-10-22(11-9-21)18(23)14-4-6-15(24-2)7-5-14/h4-7,12H,8-11H2,1-3H3. The van der Waals surface area contributed by atoms with Gasteiger partial charge in [0.2, 0.25) is 5.88 Å². The second-order valence-corrected chi connectivity index (χ2v) is 5.82. The van der Waals surface area contributed by atoms with Gasteiger partial charge in [0, 0.05) is 37.8 Å². The van der Waals surface area contributed by atoms with Gasteiger partial charge in [-0.2, -0.15) is 4.98 Å². The Kier molecular flexibility index (Phi) is 5.02. The number of hydrogen-bond donors (Lipinski definition) is 0. The zero-order valence-corrected chi connectivity index (χ0v) is 14.7. The van der Waals surface area contributed by atoms with E-state index in [2.05, 4.69) is 14.9 Å². The highest BCUT2D eigenvalue weighted by atomic mass is 16.5. The number of carbonyl (C=O) groups excluding carboxylic acids is 1. The molecule has 1 aliphatic rings. The maximum Gasteiger partial charge on any atom is 0.253 e. The molecule has 0 unspecified atom stereocenters. The summed E-state index contributed by atoms with van der Waals surface area (Å²) in [6.07, 6.45) is 0. The van der Waals surface area contributed by atoms with Crippen molar-refractivity contribution in [1.82, 2.24) is 14.9 Å². The highest BCUT2D eigenvalue weighted by Crippen LogP contribution is 2.20. The number of rotatable bonds is 4. The van der Waals surface area contributed by atoms with Crippen molar-refractivity contribution in [2.75, 3.05) is 45.3 Å². The van der Waals surface area contributed by atoms with E-state index in [0.29, 0.717) is 30.4 Å². The molecule has 0 spiro atoms. The molecule has 2 aromatic rings. The van der Waals surface area contributed by atoms with Crippen LogP contribution in [0.25, 0.3) is 0 Å². The molecule has 1 fully saturated rings. The van der Waals surface area contributed by atoms with Crippen molar-refractivity contribution in [1.29, 1.82) is 0 Å². The largest absolute Gasteiger partial charge is 0.497 e. The fourth-order valence-electron chi connectivity index (χ4n) is 2.85. The summed E-state index contributed by atoms with van der Waals surface area (Å²) in [5, 5.41) is 0. The van der Waals surface area contributed by atoms with Crippen LogP contribution in [-0.4, -0.2) is 61.2 Å². The molecule has 7 heteroatoms. The van der Waals surface area contributed by atoms with Gasteiger partial charge in [0.25, 0.3) is 5.91 Å². The lowest BCUT2D eigenvalue weighted by Gasteiger charge is -2.35. The Bertz CT molecular complexity index is 740. The number of nitrogens with zero attached hydrogens (tertiary/aromatic N) is 4. The molecule has 1 aliphatic heterocycles. The molecule has 0 aliphatic carbocycles. The minimum absolute atomic E-state index is 0.0405. The summed E-state index contributed by atoms with van der Waals surface area (Å²) in [7, 11) is 3.21. The summed E-state index contributed by atoms with van der Waals surface area (Å²) >= 11 is 0. The maximum atomic E-state index is 12.6. The van der Waals surface area contributed by atoms with E-state index in [4.69, 9.17) is 9.47 Å². The molecule has 0 radical (unpaired) electrons. The van der Waals surface area contributed by atoms with E-state index < -0.39 is 0 Å². The zero-order chi connectivity index (χ0) is 17.8. The Balaban J connectivity index is 1.65. The lowest BCUT2D eigenvalue weighted by atomic mass is 10.1. The quantitative estimate of drug-likeness (QED) is 0.843. The van der Waals surface area contributed by atoms with E-state index in [1.54, 1.807) is 38.5 Å². The van der Waals surface area contributed by atoms with Gasteiger partial charge in [0.05, 0.1) is 14.2 Å². The average Bonchev–Trinajstić information content (AvgIpc) is 2.67. The van der Waals surface area contributed by atoms with Crippen LogP contribution in [0.2, 0.25) is 0 Å². The van der Waals surface area contributed by atoms with Crippen LogP contribution in [0, 0.1) is 6.92 Å². The summed E-state index contributed by atoms with van der Waals surface area (Å²) in [6, 6.07) is 9.03. The molecule has 0 atom stereocenters. The van der Waals surface area contributed by atoms with Gasteiger partial charge >= 0.3 is 0 Å². The number of anilines is 1. The van der Waals surface area contributed by atoms with Gasteiger partial charge in [-0.05, 0) is 31.2 Å². The lowest BCUT2D eigenvalue weighted by molar-refractivity contribution is 0.0746. The zero-order valence-electron chi connectivity index (χ0n) is 14.7. The van der Waals surface area contributed by atoms with E-state index in [9.17, 15) is 4.79 Å². The first kappa shape index (κ1) is 17.0. The van der Waals surface area contributed by atoms with Crippen LogP contribution in [0.5, 0.6) is 11.6 Å². The second-order valence-electron chi connectivity index (χ2n) is 5.82. The van der Waals surface area contributed by atoms with Gasteiger partial charge < -0.3 is 19.3 Å². The molecule has 2 heterocycles. The smallest absolute Gasteiger partial charge is 0.253 e. The van der Waals surface area contributed by atoms with Crippen molar-refractivity contribution in [3.8, 4) is 11.6 Å². The number of amides is 1. The molecule has 1 aromatic carbocycles. The van der Waals surface area contributed by atoms with Crippen LogP contribution in [0.3, 0.4) is 0 Å². The fraction of sp³-hybridized carbons (Fsp3) is 0.389. The van der Waals surface area contributed by atoms with Gasteiger partial charge in [0.15, 0.2) is 0 Å². The summed E-state index contributed by atoms with van der Waals surface area (Å²) in [4.78, 5) is 25.3. The van der Waals surface area contributed by atoms with Crippen molar-refractivity contribution in [2.45, 2.75) is 6.92 Å². The first-order valence-corrected chi connectivity index (χ1v) is 8.18. The number of benzene rings is 1. The maximum absolute atomic E-state index is 12.6. The van der Waals surface area contributed by atoms with E-state index >= 15 is 0 Å². The molecular weight excluding hydrogens is 320 g/mol. The number of methoxy groups -OCH3 is 2. The molecule has 0 saturated carbocycles. The number of piperazine rings is 1. The second kappa shape index (κ2) is 7.38. The normalized spacial score (nSPS) is 14.4. The monoisotopic (exact) mass is 342 g/mol. The molecule has 0 N–H and O–H groups in total. The van der Waals surface area contributed by atoms with Crippen molar-refractivity contribution >= 4 is 11.7 Å². The van der Waals surface area contributed by atoms with Gasteiger partial charge in [-0.1, -0.05) is 0 Å². The Morgan fingerprint density at radius 1 is 1.00 bits per heavy atom. The summed E-state index contributed by atoms with van der Waals surface area (Å²) in [6.45, 7) is 4.59. The minimum atomic E-state index is 0.0405. The van der Waals surface area contributed by atoms with Crippen LogP contribution in [0.1, 0.15) is 16.2 Å². The molecule has 0 bridgehead atoms. The highest BCUT2D eigenvalue weighted by molar-refractivity contribution is 5.94. The number of ether oxygens (including phenoxy) is 2. The first-order valence-electron chi connectivity index (χ1n) is 8.18. The van der Waals surface area contributed by atoms with E-state index in [0.717, 1.165) is 24.7 Å². The molecule has 1 saturated heterocycles. The summed E-state index contributed by atoms with van der Waals surface area (Å²) in [5.41, 5.74) is 0.675. The Morgan fingerprint density at radius 2 is 1.68 bits per heavy atom. The highest BCUT2D eigenvalue weighted by Gasteiger charge is 2.23. The fourth-order valence-corrected chi connectivity index (χ4v) is 2.85. The van der Waals surface area contributed by atoms with Crippen LogP contribution in [0.15, 0.2) is 30.3 Å². The molecule has 132 valence electrons. The topological polar surface area (TPSA) is 67.8 Å². The minimum Gasteiger partial charge on any atom is -0.497 e. The van der Waals surface area contributed by atoms with Gasteiger partial charge in [-0.25, -0.2) is 4.98 Å². The van der Waals surface area contributed by atoms with Crippen molar-refractivity contribution < 1.29 is 14.3 Å². The molecule has 25 heavy (non-hydrogen) atoms. The Hall–Kier alpha value is -2.83. The van der Waals surface area contributed by atoms with Gasteiger partial charge in [-0.15, -0.1) is 0 Å². The van der Waals surface area contributed by atoms with Crippen molar-refractivity contribution in [2.24, 2.45) is 0 Å². The lowest BCUT2D eigenvalue weighted by Crippen LogP contribution is -2.49. The third-order valence-electron chi connectivity index (χ3n) is 4.24. The van der Waals surface area contributed by atoms with Crippen molar-refractivity contribution in [3.05, 3.63) is 41.7 Å². The third kappa shape index (κ3) is 3.81. The summed E-state index contributed by atoms with van der Waals surface area (Å²) in [5.74, 6) is 2.85. The van der Waals surface area contributed by atoms with Crippen LogP contribution in [-0.2, 0) is 0 Å². The first-order chi connectivity index (χ1) is 12.1. The Labute approximate surface area is 147 Å². The van der Waals surface area contributed by atoms with E-state index in [1.165, 1.54) is 0 Å². The van der Waals surface area contributed by atoms with Crippen LogP contribution < -0.4 is 14.4 Å². The van der Waals surface area contributed by atoms with Crippen LogP contribution >= 0.6 is 0 Å². The van der Waals surface area contributed by atoms with Crippen LogP contribution in [0.4, 0.5) is 5.82 Å². The number of aryl methyl sites for hydroxylation is 1. The average molecular weight is 342 g/mol. The predicted octanol–water partition coefficient (Wildman–Crippen LogP) is 1.76. The van der Waals surface area contributed by atoms with Crippen molar-refractivity contribution in [3.63, 3.8) is 0 Å². The molecule has 7 nitrogen and oxygen atoms in total. The number of carbonyl (C=O) groups is 1. The molecule has 1 aromatic heterocycles. The third-order valence-corrected chi connectivity index (χ3v) is 4.24. The number of aromatic nitrogens is 2. The summed E-state index contributed by atoms with van der Waals surface area (Å²) < 4.78 is 10.3. The SMILES string of the molecule is COc1ccc(C(=O)N2CCN(c3cc(OC)nc(C)n3)CC2)cc1. The van der Waals surface area contributed by atoms with Gasteiger partial charge in [-0.3, -0.25) is 4.79 Å². The molecular formula is C18H22N4O3. The van der Waals surface area contributed by atoms with Gasteiger partial charge in [0.1, 0.15) is 17.4 Å². The molecule has 3 rings (SSSR count). The Morgan fingerprint density at radius 3 is 2.28 bits per heavy atom. The van der Waals surface area contributed by atoms with E-state index in [-0.39, 0.29) is 5.91 Å². The predicted molar refractivity (Wildman–Crippen MR) is 94.4 cm³/mol. The molecule has 1 amide bonds.